The summed E-state index contributed by atoms with van der Waals surface area (Å²) in [5, 5.41) is 10.9. The summed E-state index contributed by atoms with van der Waals surface area (Å²) in [6.45, 7) is 7.83. The summed E-state index contributed by atoms with van der Waals surface area (Å²) in [5.41, 5.74) is 3.34. The maximum Gasteiger partial charge on any atom is 0.356 e. The summed E-state index contributed by atoms with van der Waals surface area (Å²) < 4.78 is 4.71. The normalized spacial score (nSPS) is 9.68. The van der Waals surface area contributed by atoms with E-state index in [-0.39, 0.29) is 12.3 Å². The van der Waals surface area contributed by atoms with E-state index < -0.39 is 5.97 Å². The fourth-order valence-corrected chi connectivity index (χ4v) is 2.68. The van der Waals surface area contributed by atoms with Crippen LogP contribution in [0.3, 0.4) is 0 Å². The number of rotatable bonds is 4. The van der Waals surface area contributed by atoms with Gasteiger partial charge >= 0.3 is 5.97 Å². The maximum absolute atomic E-state index is 11.7. The molecule has 0 aliphatic heterocycles. The zero-order valence-electron chi connectivity index (χ0n) is 17.0. The molecule has 2 heterocycles. The number of carbonyl (C=O) groups excluding carboxylic acids is 1. The minimum atomic E-state index is -0.527. The van der Waals surface area contributed by atoms with Crippen molar-refractivity contribution in [3.63, 3.8) is 0 Å². The van der Waals surface area contributed by atoms with E-state index in [4.69, 9.17) is 16.3 Å². The number of aliphatic hydroxyl groups excluding tert-OH is 1. The fourth-order valence-electron chi connectivity index (χ4n) is 2.51. The number of esters is 1. The van der Waals surface area contributed by atoms with Gasteiger partial charge in [0.2, 0.25) is 0 Å². The van der Waals surface area contributed by atoms with E-state index in [1.807, 2.05) is 52.0 Å². The van der Waals surface area contributed by atoms with Crippen molar-refractivity contribution in [2.45, 2.75) is 40.7 Å². The lowest BCUT2D eigenvalue weighted by atomic mass is 10.0. The molecule has 0 amide bonds. The molecular formula is C22H27ClN2O3. The molecule has 0 fully saturated rings. The van der Waals surface area contributed by atoms with Crippen LogP contribution in [0.25, 0.3) is 10.9 Å². The number of hydrogen-bond donors (Lipinski definition) is 1. The van der Waals surface area contributed by atoms with Crippen LogP contribution in [-0.2, 0) is 17.8 Å². The molecule has 0 spiro atoms. The summed E-state index contributed by atoms with van der Waals surface area (Å²) in [5.74, 6) is -0.527. The smallest absolute Gasteiger partial charge is 0.356 e. The minimum Gasteiger partial charge on any atom is -0.464 e. The Labute approximate surface area is 171 Å². The highest BCUT2D eigenvalue weighted by molar-refractivity contribution is 6.31. The first kappa shape index (κ1) is 23.5. The van der Waals surface area contributed by atoms with Crippen molar-refractivity contribution in [1.29, 1.82) is 0 Å². The largest absolute Gasteiger partial charge is 0.464 e. The molecule has 5 nitrogen and oxygen atoms in total. The summed E-state index contributed by atoms with van der Waals surface area (Å²) in [6, 6.07) is 11.0. The summed E-state index contributed by atoms with van der Waals surface area (Å²) in [7, 11) is 1.30. The lowest BCUT2D eigenvalue weighted by molar-refractivity contribution is 0.0593. The number of halogens is 1. The van der Waals surface area contributed by atoms with Gasteiger partial charge in [0.05, 0.1) is 24.3 Å². The standard InChI is InChI=1S/C18H15ClN2O3.2C2H6/c1-24-18(23)17-7-12(10-22)6-15(21-17)5-11-2-3-16-13(4-11)8-14(19)9-20-16;2*1-2/h2-4,6-9,22H,5,10H2,1H3;2*1-2H3. The summed E-state index contributed by atoms with van der Waals surface area (Å²) in [6.07, 6.45) is 2.12. The second-order valence-electron chi connectivity index (χ2n) is 5.36. The van der Waals surface area contributed by atoms with Gasteiger partial charge < -0.3 is 9.84 Å². The number of aromatic nitrogens is 2. The second kappa shape index (κ2) is 12.1. The van der Waals surface area contributed by atoms with E-state index >= 15 is 0 Å². The van der Waals surface area contributed by atoms with Gasteiger partial charge in [-0.25, -0.2) is 9.78 Å². The molecule has 1 N–H and O–H groups in total. The van der Waals surface area contributed by atoms with Crippen LogP contribution in [-0.4, -0.2) is 28.2 Å². The van der Waals surface area contributed by atoms with Crippen molar-refractivity contribution >= 4 is 28.5 Å². The number of ether oxygens (including phenoxy) is 1. The number of methoxy groups -OCH3 is 1. The molecule has 0 saturated carbocycles. The van der Waals surface area contributed by atoms with E-state index in [0.717, 1.165) is 16.5 Å². The Bertz CT molecular complexity index is 913. The zero-order chi connectivity index (χ0) is 21.1. The topological polar surface area (TPSA) is 72.3 Å². The van der Waals surface area contributed by atoms with E-state index in [0.29, 0.717) is 22.7 Å². The molecule has 2 aromatic heterocycles. The SMILES string of the molecule is CC.CC.COC(=O)c1cc(CO)cc(Cc2ccc3ncc(Cl)cc3c2)n1. The highest BCUT2D eigenvalue weighted by Gasteiger charge is 2.11. The fraction of sp³-hybridized carbons (Fsp3) is 0.318. The number of hydrogen-bond acceptors (Lipinski definition) is 5. The number of carbonyl (C=O) groups is 1. The van der Waals surface area contributed by atoms with Gasteiger partial charge in [-0.15, -0.1) is 0 Å². The van der Waals surface area contributed by atoms with Gasteiger partial charge in [0.15, 0.2) is 0 Å². The Morgan fingerprint density at radius 2 is 1.79 bits per heavy atom. The van der Waals surface area contributed by atoms with Crippen LogP contribution in [0, 0.1) is 0 Å². The van der Waals surface area contributed by atoms with Crippen LogP contribution in [0.2, 0.25) is 5.02 Å². The first-order chi connectivity index (χ1) is 13.6. The van der Waals surface area contributed by atoms with Crippen molar-refractivity contribution in [2.24, 2.45) is 0 Å². The second-order valence-corrected chi connectivity index (χ2v) is 5.80. The lowest BCUT2D eigenvalue weighted by Crippen LogP contribution is -2.08. The third-order valence-electron chi connectivity index (χ3n) is 3.61. The summed E-state index contributed by atoms with van der Waals surface area (Å²) >= 11 is 5.99. The minimum absolute atomic E-state index is 0.170. The molecule has 0 aliphatic rings. The Balaban J connectivity index is 0.000000921. The molecule has 0 aliphatic carbocycles. The first-order valence-electron chi connectivity index (χ1n) is 9.32. The van der Waals surface area contributed by atoms with Crippen molar-refractivity contribution in [1.82, 2.24) is 9.97 Å². The highest BCUT2D eigenvalue weighted by atomic mass is 35.5. The number of benzene rings is 1. The molecule has 28 heavy (non-hydrogen) atoms. The predicted octanol–water partition coefficient (Wildman–Crippen LogP) is 5.21. The van der Waals surface area contributed by atoms with E-state index in [1.54, 1.807) is 12.3 Å². The van der Waals surface area contributed by atoms with Gasteiger partial charge in [0, 0.05) is 23.7 Å². The van der Waals surface area contributed by atoms with Gasteiger partial charge in [-0.3, -0.25) is 4.98 Å². The quantitative estimate of drug-likeness (QED) is 0.607. The maximum atomic E-state index is 11.7. The van der Waals surface area contributed by atoms with Gasteiger partial charge in [0.1, 0.15) is 5.69 Å². The van der Waals surface area contributed by atoms with Crippen molar-refractivity contribution in [2.75, 3.05) is 7.11 Å². The van der Waals surface area contributed by atoms with E-state index in [1.165, 1.54) is 13.2 Å². The van der Waals surface area contributed by atoms with E-state index in [9.17, 15) is 9.90 Å². The first-order valence-corrected chi connectivity index (χ1v) is 9.70. The third kappa shape index (κ3) is 6.29. The van der Waals surface area contributed by atoms with Crippen LogP contribution in [0.1, 0.15) is 55.0 Å². The zero-order valence-corrected chi connectivity index (χ0v) is 17.7. The van der Waals surface area contributed by atoms with Crippen molar-refractivity contribution in [3.05, 3.63) is 70.1 Å². The molecule has 6 heteroatoms. The molecule has 3 rings (SSSR count). The van der Waals surface area contributed by atoms with Crippen LogP contribution < -0.4 is 0 Å². The van der Waals surface area contributed by atoms with Gasteiger partial charge in [-0.05, 0) is 41.5 Å². The Kier molecular flexibility index (Phi) is 10.1. The predicted molar refractivity (Wildman–Crippen MR) is 114 cm³/mol. The molecule has 0 atom stereocenters. The molecule has 150 valence electrons. The number of pyridine rings is 2. The van der Waals surface area contributed by atoms with Crippen LogP contribution in [0.15, 0.2) is 42.6 Å². The van der Waals surface area contributed by atoms with Crippen molar-refractivity contribution < 1.29 is 14.6 Å². The Morgan fingerprint density at radius 3 is 2.43 bits per heavy atom. The number of aliphatic hydroxyl groups is 1. The van der Waals surface area contributed by atoms with Gasteiger partial charge in [-0.2, -0.15) is 0 Å². The molecular weight excluding hydrogens is 376 g/mol. The van der Waals surface area contributed by atoms with Gasteiger partial charge in [0.25, 0.3) is 0 Å². The lowest BCUT2D eigenvalue weighted by Gasteiger charge is -2.08. The average molecular weight is 403 g/mol. The molecule has 1 aromatic carbocycles. The average Bonchev–Trinajstić information content (AvgIpc) is 2.75. The molecule has 0 bridgehead atoms. The third-order valence-corrected chi connectivity index (χ3v) is 3.82. The monoisotopic (exact) mass is 402 g/mol. The van der Waals surface area contributed by atoms with Gasteiger partial charge in [-0.1, -0.05) is 45.4 Å². The van der Waals surface area contributed by atoms with E-state index in [2.05, 4.69) is 9.97 Å². The summed E-state index contributed by atoms with van der Waals surface area (Å²) in [4.78, 5) is 20.3. The molecule has 3 aromatic rings. The van der Waals surface area contributed by atoms with Crippen LogP contribution >= 0.6 is 11.6 Å². The van der Waals surface area contributed by atoms with Crippen molar-refractivity contribution in [3.8, 4) is 0 Å². The molecule has 0 radical (unpaired) electrons. The Hall–Kier alpha value is -2.50. The highest BCUT2D eigenvalue weighted by Crippen LogP contribution is 2.20. The van der Waals surface area contributed by atoms with Crippen LogP contribution in [0.4, 0.5) is 0 Å². The number of nitrogens with zero attached hydrogens (tertiary/aromatic N) is 2. The molecule has 0 unspecified atom stereocenters. The number of fused-ring (bicyclic) bond motifs is 1. The van der Waals surface area contributed by atoms with Crippen LogP contribution in [0.5, 0.6) is 0 Å². The Morgan fingerprint density at radius 1 is 1.07 bits per heavy atom. The molecule has 0 saturated heterocycles.